The van der Waals surface area contributed by atoms with Crippen molar-refractivity contribution in [3.63, 3.8) is 0 Å². The lowest BCUT2D eigenvalue weighted by Gasteiger charge is -2.13. The fourth-order valence-electron chi connectivity index (χ4n) is 1.22. The van der Waals surface area contributed by atoms with Crippen molar-refractivity contribution in [3.8, 4) is 5.75 Å². The average Bonchev–Trinajstić information content (AvgIpc) is 2.07. The van der Waals surface area contributed by atoms with Gasteiger partial charge in [-0.2, -0.15) is 0 Å². The second-order valence-corrected chi connectivity index (χ2v) is 3.64. The number of ether oxygens (including phenoxy) is 1. The van der Waals surface area contributed by atoms with Crippen molar-refractivity contribution in [2.24, 2.45) is 5.73 Å². The molecule has 2 N–H and O–H groups in total. The molecule has 1 rings (SSSR count). The van der Waals surface area contributed by atoms with Gasteiger partial charge in [0.1, 0.15) is 11.6 Å². The molecule has 0 aliphatic heterocycles. The summed E-state index contributed by atoms with van der Waals surface area (Å²) in [4.78, 5) is 0. The Bertz CT molecular complexity index is 310. The van der Waals surface area contributed by atoms with E-state index in [1.807, 2.05) is 13.8 Å². The van der Waals surface area contributed by atoms with Gasteiger partial charge < -0.3 is 10.5 Å². The first kappa shape index (κ1) is 11.0. The van der Waals surface area contributed by atoms with Crippen molar-refractivity contribution in [1.82, 2.24) is 0 Å². The van der Waals surface area contributed by atoms with E-state index < -0.39 is 0 Å². The van der Waals surface area contributed by atoms with Crippen molar-refractivity contribution in [3.05, 3.63) is 29.6 Å². The third kappa shape index (κ3) is 2.70. The Morgan fingerprint density at radius 2 is 1.93 bits per heavy atom. The van der Waals surface area contributed by atoms with Crippen LogP contribution >= 0.6 is 0 Å². The van der Waals surface area contributed by atoms with Gasteiger partial charge >= 0.3 is 0 Å². The molecule has 0 aromatic heterocycles. The highest BCUT2D eigenvalue weighted by molar-refractivity contribution is 5.31. The van der Waals surface area contributed by atoms with Crippen molar-refractivity contribution in [2.45, 2.75) is 32.9 Å². The molecule has 14 heavy (non-hydrogen) atoms. The largest absolute Gasteiger partial charge is 0.491 e. The molecule has 0 spiro atoms. The summed E-state index contributed by atoms with van der Waals surface area (Å²) in [6.45, 7) is 5.60. The monoisotopic (exact) mass is 197 g/mol. The molecular weight excluding hydrogens is 181 g/mol. The molecule has 0 aliphatic carbocycles. The van der Waals surface area contributed by atoms with Gasteiger partial charge in [0.2, 0.25) is 0 Å². The zero-order chi connectivity index (χ0) is 10.7. The summed E-state index contributed by atoms with van der Waals surface area (Å²) in [5, 5.41) is 0. The molecule has 1 aromatic carbocycles. The summed E-state index contributed by atoms with van der Waals surface area (Å²) in [5.41, 5.74) is 6.11. The van der Waals surface area contributed by atoms with E-state index >= 15 is 0 Å². The van der Waals surface area contributed by atoms with Crippen LogP contribution in [0.5, 0.6) is 5.75 Å². The zero-order valence-corrected chi connectivity index (χ0v) is 8.75. The van der Waals surface area contributed by atoms with E-state index in [1.54, 1.807) is 19.1 Å². The first-order valence-corrected chi connectivity index (χ1v) is 4.72. The van der Waals surface area contributed by atoms with Crippen LogP contribution in [0.3, 0.4) is 0 Å². The van der Waals surface area contributed by atoms with Crippen molar-refractivity contribution < 1.29 is 9.13 Å². The van der Waals surface area contributed by atoms with Gasteiger partial charge in [0, 0.05) is 11.6 Å². The van der Waals surface area contributed by atoms with Crippen LogP contribution in [-0.4, -0.2) is 6.10 Å². The van der Waals surface area contributed by atoms with E-state index in [-0.39, 0.29) is 18.0 Å². The predicted molar refractivity (Wildman–Crippen MR) is 54.8 cm³/mol. The average molecular weight is 197 g/mol. The van der Waals surface area contributed by atoms with Gasteiger partial charge in [0.15, 0.2) is 0 Å². The summed E-state index contributed by atoms with van der Waals surface area (Å²) in [6, 6.07) is 4.34. The maximum absolute atomic E-state index is 13.2. The molecule has 2 nitrogen and oxygen atoms in total. The van der Waals surface area contributed by atoms with E-state index in [1.165, 1.54) is 6.07 Å². The number of rotatable bonds is 3. The van der Waals surface area contributed by atoms with Gasteiger partial charge in [0.25, 0.3) is 0 Å². The first-order chi connectivity index (χ1) is 6.50. The third-order valence-electron chi connectivity index (χ3n) is 1.83. The third-order valence-corrected chi connectivity index (χ3v) is 1.83. The molecular formula is C11H16FNO. The van der Waals surface area contributed by atoms with Crippen molar-refractivity contribution >= 4 is 0 Å². The van der Waals surface area contributed by atoms with Gasteiger partial charge in [-0.15, -0.1) is 0 Å². The second-order valence-electron chi connectivity index (χ2n) is 3.64. The Balaban J connectivity index is 2.94. The first-order valence-electron chi connectivity index (χ1n) is 4.72. The molecule has 0 saturated carbocycles. The summed E-state index contributed by atoms with van der Waals surface area (Å²) < 4.78 is 18.7. The van der Waals surface area contributed by atoms with Gasteiger partial charge in [-0.25, -0.2) is 4.39 Å². The second kappa shape index (κ2) is 4.42. The standard InChI is InChI=1S/C11H16FNO/c1-7(2)14-9-4-5-11(12)10(6-9)8(3)13/h4-8H,13H2,1-3H3. The topological polar surface area (TPSA) is 35.2 Å². The SMILES string of the molecule is CC(C)Oc1ccc(F)c(C(C)N)c1. The molecule has 1 unspecified atom stereocenters. The molecule has 0 heterocycles. The maximum Gasteiger partial charge on any atom is 0.128 e. The number of nitrogens with two attached hydrogens (primary N) is 1. The highest BCUT2D eigenvalue weighted by Gasteiger charge is 2.08. The lowest BCUT2D eigenvalue weighted by Crippen LogP contribution is -2.10. The normalized spacial score (nSPS) is 13.0. The Kier molecular flexibility index (Phi) is 3.47. The van der Waals surface area contributed by atoms with Gasteiger partial charge in [0.05, 0.1) is 6.10 Å². The minimum absolute atomic E-state index is 0.0846. The number of hydrogen-bond donors (Lipinski definition) is 1. The summed E-state index contributed by atoms with van der Waals surface area (Å²) in [6.07, 6.45) is 0.0846. The van der Waals surface area contributed by atoms with Crippen molar-refractivity contribution in [2.75, 3.05) is 0 Å². The maximum atomic E-state index is 13.2. The quantitative estimate of drug-likeness (QED) is 0.808. The van der Waals surface area contributed by atoms with E-state index in [0.29, 0.717) is 11.3 Å². The molecule has 0 aliphatic rings. The van der Waals surface area contributed by atoms with Gasteiger partial charge in [-0.1, -0.05) is 0 Å². The van der Waals surface area contributed by atoms with Gasteiger partial charge in [-0.3, -0.25) is 0 Å². The minimum Gasteiger partial charge on any atom is -0.491 e. The van der Waals surface area contributed by atoms with Crippen LogP contribution in [0.4, 0.5) is 4.39 Å². The fourth-order valence-corrected chi connectivity index (χ4v) is 1.22. The highest BCUT2D eigenvalue weighted by atomic mass is 19.1. The van der Waals surface area contributed by atoms with Crippen molar-refractivity contribution in [1.29, 1.82) is 0 Å². The fraction of sp³-hybridized carbons (Fsp3) is 0.455. The molecule has 0 bridgehead atoms. The minimum atomic E-state index is -0.314. The van der Waals surface area contributed by atoms with Crippen LogP contribution in [0.15, 0.2) is 18.2 Å². The molecule has 0 fully saturated rings. The van der Waals surface area contributed by atoms with E-state index in [9.17, 15) is 4.39 Å². The predicted octanol–water partition coefficient (Wildman–Crippen LogP) is 2.63. The van der Waals surface area contributed by atoms with E-state index in [2.05, 4.69) is 0 Å². The molecule has 3 heteroatoms. The zero-order valence-electron chi connectivity index (χ0n) is 8.75. The van der Waals surface area contributed by atoms with Crippen LogP contribution < -0.4 is 10.5 Å². The van der Waals surface area contributed by atoms with Gasteiger partial charge in [-0.05, 0) is 39.0 Å². The van der Waals surface area contributed by atoms with Crippen LogP contribution in [-0.2, 0) is 0 Å². The number of halogens is 1. The number of hydrogen-bond acceptors (Lipinski definition) is 2. The van der Waals surface area contributed by atoms with Crippen LogP contribution in [0.2, 0.25) is 0 Å². The van der Waals surface area contributed by atoms with Crippen LogP contribution in [0.1, 0.15) is 32.4 Å². The Morgan fingerprint density at radius 3 is 2.43 bits per heavy atom. The summed E-state index contributed by atoms with van der Waals surface area (Å²) in [5.74, 6) is 0.379. The van der Waals surface area contributed by atoms with E-state index in [4.69, 9.17) is 10.5 Å². The highest BCUT2D eigenvalue weighted by Crippen LogP contribution is 2.21. The smallest absolute Gasteiger partial charge is 0.128 e. The Labute approximate surface area is 83.9 Å². The Hall–Kier alpha value is -1.09. The molecule has 1 aromatic rings. The van der Waals surface area contributed by atoms with E-state index in [0.717, 1.165) is 0 Å². The van der Waals surface area contributed by atoms with Crippen LogP contribution in [0, 0.1) is 5.82 Å². The number of benzene rings is 1. The lowest BCUT2D eigenvalue weighted by molar-refractivity contribution is 0.241. The molecule has 78 valence electrons. The lowest BCUT2D eigenvalue weighted by atomic mass is 10.1. The summed E-state index contributed by atoms with van der Waals surface area (Å²) >= 11 is 0. The molecule has 0 saturated heterocycles. The Morgan fingerprint density at radius 1 is 1.29 bits per heavy atom. The molecule has 0 amide bonds. The molecule has 1 atom stereocenters. The van der Waals surface area contributed by atoms with Crippen LogP contribution in [0.25, 0.3) is 0 Å². The summed E-state index contributed by atoms with van der Waals surface area (Å²) in [7, 11) is 0. The molecule has 0 radical (unpaired) electrons.